The second-order valence-electron chi connectivity index (χ2n) is 5.03. The summed E-state index contributed by atoms with van der Waals surface area (Å²) in [6.45, 7) is 4.58. The monoisotopic (exact) mass is 277 g/mol. The molecule has 1 fully saturated rings. The van der Waals surface area contributed by atoms with Crippen molar-refractivity contribution in [3.05, 3.63) is 0 Å². The predicted molar refractivity (Wildman–Crippen MR) is 74.7 cm³/mol. The van der Waals surface area contributed by atoms with Crippen LogP contribution in [0, 0.1) is 0 Å². The average Bonchev–Trinajstić information content (AvgIpc) is 2.26. The first kappa shape index (κ1) is 15.9. The van der Waals surface area contributed by atoms with Gasteiger partial charge in [-0.15, -0.1) is 0 Å². The minimum Gasteiger partial charge on any atom is -0.317 e. The van der Waals surface area contributed by atoms with Crippen LogP contribution in [0.3, 0.4) is 0 Å². The summed E-state index contributed by atoms with van der Waals surface area (Å²) in [4.78, 5) is 0. The Labute approximate surface area is 112 Å². The Bertz CT molecular complexity index is 328. The summed E-state index contributed by atoms with van der Waals surface area (Å²) in [5.41, 5.74) is 0. The van der Waals surface area contributed by atoms with Crippen LogP contribution in [0.15, 0.2) is 0 Å². The van der Waals surface area contributed by atoms with Gasteiger partial charge in [0, 0.05) is 26.7 Å². The maximum absolute atomic E-state index is 12.2. The molecule has 1 aliphatic carbocycles. The minimum absolute atomic E-state index is 0.218. The lowest BCUT2D eigenvalue weighted by Gasteiger charge is -2.36. The molecule has 0 spiro atoms. The Morgan fingerprint density at radius 2 is 1.89 bits per heavy atom. The van der Waals surface area contributed by atoms with E-state index in [1.54, 1.807) is 14.1 Å². The van der Waals surface area contributed by atoms with E-state index in [2.05, 4.69) is 12.2 Å². The molecule has 1 rings (SSSR count). The Morgan fingerprint density at radius 3 is 2.39 bits per heavy atom. The molecule has 108 valence electrons. The maximum atomic E-state index is 12.2. The van der Waals surface area contributed by atoms with E-state index in [1.807, 2.05) is 0 Å². The molecule has 1 N–H and O–H groups in total. The summed E-state index contributed by atoms with van der Waals surface area (Å²) in [5, 5.41) is 3.28. The van der Waals surface area contributed by atoms with Crippen LogP contribution in [0.1, 0.15) is 39.0 Å². The van der Waals surface area contributed by atoms with Gasteiger partial charge in [-0.1, -0.05) is 13.3 Å². The molecule has 18 heavy (non-hydrogen) atoms. The Hall–Kier alpha value is -0.170. The van der Waals surface area contributed by atoms with Gasteiger partial charge in [-0.2, -0.15) is 17.0 Å². The van der Waals surface area contributed by atoms with Crippen molar-refractivity contribution in [2.45, 2.75) is 45.1 Å². The van der Waals surface area contributed by atoms with Crippen molar-refractivity contribution < 1.29 is 8.42 Å². The van der Waals surface area contributed by atoms with Crippen LogP contribution in [0.2, 0.25) is 0 Å². The van der Waals surface area contributed by atoms with E-state index >= 15 is 0 Å². The van der Waals surface area contributed by atoms with E-state index in [-0.39, 0.29) is 6.04 Å². The zero-order chi connectivity index (χ0) is 13.6. The maximum Gasteiger partial charge on any atom is 0.281 e. The third kappa shape index (κ3) is 4.19. The fraction of sp³-hybridized carbons (Fsp3) is 1.00. The first-order chi connectivity index (χ1) is 8.50. The molecule has 0 unspecified atom stereocenters. The van der Waals surface area contributed by atoms with Gasteiger partial charge in [-0.3, -0.25) is 0 Å². The van der Waals surface area contributed by atoms with E-state index in [9.17, 15) is 8.42 Å². The Kier molecular flexibility index (Phi) is 6.55. The van der Waals surface area contributed by atoms with Gasteiger partial charge < -0.3 is 5.32 Å². The minimum atomic E-state index is -3.25. The zero-order valence-corrected chi connectivity index (χ0v) is 12.7. The topological polar surface area (TPSA) is 52.7 Å². The smallest absolute Gasteiger partial charge is 0.281 e. The largest absolute Gasteiger partial charge is 0.317 e. The van der Waals surface area contributed by atoms with E-state index in [0.29, 0.717) is 6.54 Å². The molecule has 0 atom stereocenters. The molecule has 0 amide bonds. The highest BCUT2D eigenvalue weighted by Crippen LogP contribution is 2.26. The van der Waals surface area contributed by atoms with Crippen LogP contribution in [0.4, 0.5) is 0 Å². The van der Waals surface area contributed by atoms with Gasteiger partial charge in [-0.05, 0) is 38.8 Å². The van der Waals surface area contributed by atoms with Crippen LogP contribution in [0.25, 0.3) is 0 Å². The van der Waals surface area contributed by atoms with Crippen molar-refractivity contribution in [1.82, 2.24) is 13.9 Å². The van der Waals surface area contributed by atoms with E-state index in [0.717, 1.165) is 45.2 Å². The highest BCUT2D eigenvalue weighted by atomic mass is 32.2. The van der Waals surface area contributed by atoms with Gasteiger partial charge >= 0.3 is 0 Å². The number of nitrogens with one attached hydrogen (secondary N) is 1. The molecule has 0 aliphatic heterocycles. The van der Waals surface area contributed by atoms with Crippen molar-refractivity contribution in [2.24, 2.45) is 0 Å². The second kappa shape index (κ2) is 7.43. The number of rotatable bonds is 9. The van der Waals surface area contributed by atoms with Crippen LogP contribution in [-0.4, -0.2) is 56.8 Å². The SMILES string of the molecule is CCCNCCCN(C)S(=O)(=O)N(C)C1CCC1. The number of hydrogen-bond acceptors (Lipinski definition) is 3. The van der Waals surface area contributed by atoms with Crippen LogP contribution >= 0.6 is 0 Å². The van der Waals surface area contributed by atoms with Crippen LogP contribution in [-0.2, 0) is 10.2 Å². The molecule has 1 saturated carbocycles. The second-order valence-corrected chi connectivity index (χ2v) is 7.13. The summed E-state index contributed by atoms with van der Waals surface area (Å²) < 4.78 is 27.4. The molecule has 0 bridgehead atoms. The third-order valence-corrected chi connectivity index (χ3v) is 5.60. The van der Waals surface area contributed by atoms with Crippen molar-refractivity contribution in [3.8, 4) is 0 Å². The van der Waals surface area contributed by atoms with Gasteiger partial charge in [0.25, 0.3) is 10.2 Å². The summed E-state index contributed by atoms with van der Waals surface area (Å²) >= 11 is 0. The highest BCUT2D eigenvalue weighted by molar-refractivity contribution is 7.86. The Morgan fingerprint density at radius 1 is 1.22 bits per heavy atom. The third-order valence-electron chi connectivity index (χ3n) is 3.60. The van der Waals surface area contributed by atoms with Crippen molar-refractivity contribution in [1.29, 1.82) is 0 Å². The first-order valence-corrected chi connectivity index (χ1v) is 8.30. The van der Waals surface area contributed by atoms with Crippen molar-refractivity contribution in [3.63, 3.8) is 0 Å². The molecule has 5 nitrogen and oxygen atoms in total. The molecular weight excluding hydrogens is 250 g/mol. The molecular formula is C12H27N3O2S. The molecule has 0 aromatic heterocycles. The summed E-state index contributed by atoms with van der Waals surface area (Å²) in [5.74, 6) is 0. The number of nitrogens with zero attached hydrogens (tertiary/aromatic N) is 2. The molecule has 0 radical (unpaired) electrons. The molecule has 6 heteroatoms. The lowest BCUT2D eigenvalue weighted by atomic mass is 9.94. The Balaban J connectivity index is 2.32. The van der Waals surface area contributed by atoms with Crippen molar-refractivity contribution >= 4 is 10.2 Å². The fourth-order valence-corrected chi connectivity index (χ4v) is 3.39. The average molecular weight is 277 g/mol. The van der Waals surface area contributed by atoms with Gasteiger partial charge in [0.05, 0.1) is 0 Å². The van der Waals surface area contributed by atoms with Gasteiger partial charge in [0.2, 0.25) is 0 Å². The standard InChI is InChI=1S/C12H27N3O2S/c1-4-9-13-10-6-11-14(2)18(16,17)15(3)12-7-5-8-12/h12-13H,4-11H2,1-3H3. The van der Waals surface area contributed by atoms with E-state index in [1.165, 1.54) is 8.61 Å². The molecule has 1 aliphatic rings. The lowest BCUT2D eigenvalue weighted by molar-refractivity contribution is 0.236. The summed E-state index contributed by atoms with van der Waals surface area (Å²) in [6, 6.07) is 0.218. The number of hydrogen-bond donors (Lipinski definition) is 1. The highest BCUT2D eigenvalue weighted by Gasteiger charge is 2.32. The van der Waals surface area contributed by atoms with Crippen LogP contribution < -0.4 is 5.32 Å². The van der Waals surface area contributed by atoms with Gasteiger partial charge in [-0.25, -0.2) is 0 Å². The van der Waals surface area contributed by atoms with Gasteiger partial charge in [0.1, 0.15) is 0 Å². The lowest BCUT2D eigenvalue weighted by Crippen LogP contribution is -2.47. The summed E-state index contributed by atoms with van der Waals surface area (Å²) in [7, 11) is 0.117. The summed E-state index contributed by atoms with van der Waals surface area (Å²) in [6.07, 6.45) is 5.12. The molecule has 0 saturated heterocycles. The molecule has 0 aromatic carbocycles. The van der Waals surface area contributed by atoms with Crippen LogP contribution in [0.5, 0.6) is 0 Å². The van der Waals surface area contributed by atoms with E-state index < -0.39 is 10.2 Å². The predicted octanol–water partition coefficient (Wildman–Crippen LogP) is 1.04. The van der Waals surface area contributed by atoms with E-state index in [4.69, 9.17) is 0 Å². The van der Waals surface area contributed by atoms with Gasteiger partial charge in [0.15, 0.2) is 0 Å². The normalized spacial score (nSPS) is 17.4. The quantitative estimate of drug-likeness (QED) is 0.641. The van der Waals surface area contributed by atoms with Crippen molar-refractivity contribution in [2.75, 3.05) is 33.7 Å². The first-order valence-electron chi connectivity index (χ1n) is 6.90. The fourth-order valence-electron chi connectivity index (χ4n) is 2.00. The molecule has 0 heterocycles. The molecule has 0 aromatic rings. The zero-order valence-electron chi connectivity index (χ0n) is 11.9.